The topological polar surface area (TPSA) is 84.2 Å². The number of carbonyl (C=O) groups excluding carboxylic acids is 1. The lowest BCUT2D eigenvalue weighted by molar-refractivity contribution is -0.137. The molecule has 0 aliphatic carbocycles. The summed E-state index contributed by atoms with van der Waals surface area (Å²) < 4.78 is 40.1. The van der Waals surface area contributed by atoms with Crippen LogP contribution in [-0.2, 0) is 17.5 Å². The summed E-state index contributed by atoms with van der Waals surface area (Å²) in [6.07, 6.45) is -2.58. The molecule has 1 aliphatic rings. The van der Waals surface area contributed by atoms with Crippen LogP contribution in [0, 0.1) is 6.92 Å². The van der Waals surface area contributed by atoms with Crippen LogP contribution in [0.2, 0.25) is 0 Å². The number of ketones is 1. The van der Waals surface area contributed by atoms with Gasteiger partial charge in [0, 0.05) is 12.5 Å². The molecule has 0 saturated carbocycles. The van der Waals surface area contributed by atoms with Crippen LogP contribution >= 0.6 is 12.4 Å². The number of hydrogen-bond acceptors (Lipinski definition) is 5. The minimum atomic E-state index is -4.58. The summed E-state index contributed by atoms with van der Waals surface area (Å²) in [5, 5.41) is 12.8. The quantitative estimate of drug-likeness (QED) is 0.794. The van der Waals surface area contributed by atoms with E-state index in [1.807, 2.05) is 0 Å². The van der Waals surface area contributed by atoms with E-state index in [1.165, 1.54) is 13.3 Å². The molecule has 2 atom stereocenters. The number of aliphatic hydroxyl groups excluding tert-OH is 1. The van der Waals surface area contributed by atoms with Crippen LogP contribution in [0.15, 0.2) is 23.3 Å². The normalized spacial score (nSPS) is 20.0. The standard InChI is InChI=1S/C18H20F3N3O3.ClH/c1-10-5-11(18(19,20)21)6-13-16(10)23-9-24(17(13)27)8-12(25)7-14-15(26)3-2-4-22-14;/h5-6,9,14-15,22,26H,2-4,7-8H2,1H3;1H/t14-,15+;/m1./s1. The maximum atomic E-state index is 13.0. The van der Waals surface area contributed by atoms with Gasteiger partial charge in [-0.1, -0.05) is 0 Å². The zero-order valence-corrected chi connectivity index (χ0v) is 15.9. The number of nitrogens with one attached hydrogen (secondary N) is 1. The second kappa shape index (κ2) is 8.59. The van der Waals surface area contributed by atoms with Gasteiger partial charge in [0.1, 0.15) is 0 Å². The molecule has 0 spiro atoms. The number of benzene rings is 1. The van der Waals surface area contributed by atoms with Gasteiger partial charge in [-0.3, -0.25) is 14.2 Å². The minimum Gasteiger partial charge on any atom is -0.391 e. The van der Waals surface area contributed by atoms with E-state index in [-0.39, 0.29) is 53.7 Å². The van der Waals surface area contributed by atoms with Crippen molar-refractivity contribution in [3.05, 3.63) is 39.9 Å². The van der Waals surface area contributed by atoms with Crippen molar-refractivity contribution in [2.24, 2.45) is 0 Å². The molecule has 0 unspecified atom stereocenters. The van der Waals surface area contributed by atoms with Crippen LogP contribution in [0.3, 0.4) is 0 Å². The van der Waals surface area contributed by atoms with E-state index in [4.69, 9.17) is 0 Å². The monoisotopic (exact) mass is 419 g/mol. The molecule has 1 aromatic carbocycles. The van der Waals surface area contributed by atoms with Crippen molar-refractivity contribution in [3.8, 4) is 0 Å². The molecule has 1 aromatic heterocycles. The van der Waals surface area contributed by atoms with Crippen molar-refractivity contribution in [1.82, 2.24) is 14.9 Å². The largest absolute Gasteiger partial charge is 0.416 e. The van der Waals surface area contributed by atoms with E-state index < -0.39 is 23.4 Å². The number of Topliss-reactive ketones (excluding diaryl/α,β-unsaturated/α-hetero) is 1. The van der Waals surface area contributed by atoms with E-state index in [2.05, 4.69) is 10.3 Å². The van der Waals surface area contributed by atoms with Crippen molar-refractivity contribution < 1.29 is 23.1 Å². The lowest BCUT2D eigenvalue weighted by Gasteiger charge is -2.28. The molecule has 2 aromatic rings. The molecule has 6 nitrogen and oxygen atoms in total. The number of alkyl halides is 3. The van der Waals surface area contributed by atoms with Gasteiger partial charge in [-0.2, -0.15) is 13.2 Å². The summed E-state index contributed by atoms with van der Waals surface area (Å²) in [5.41, 5.74) is -1.20. The molecule has 28 heavy (non-hydrogen) atoms. The number of piperidine rings is 1. The Labute approximate surface area is 165 Å². The Hall–Kier alpha value is -1.97. The Balaban J connectivity index is 0.00000280. The summed E-state index contributed by atoms with van der Waals surface area (Å²) in [4.78, 5) is 28.9. The average Bonchev–Trinajstić information content (AvgIpc) is 2.59. The lowest BCUT2D eigenvalue weighted by atomic mass is 9.97. The maximum Gasteiger partial charge on any atom is 0.416 e. The number of aromatic nitrogens is 2. The van der Waals surface area contributed by atoms with Gasteiger partial charge < -0.3 is 10.4 Å². The van der Waals surface area contributed by atoms with E-state index in [9.17, 15) is 27.9 Å². The van der Waals surface area contributed by atoms with Crippen LogP contribution in [0.5, 0.6) is 0 Å². The van der Waals surface area contributed by atoms with Gasteiger partial charge in [0.2, 0.25) is 0 Å². The number of halogens is 4. The third-order valence-electron chi connectivity index (χ3n) is 4.79. The summed E-state index contributed by atoms with van der Waals surface area (Å²) in [6, 6.07) is 1.33. The summed E-state index contributed by atoms with van der Waals surface area (Å²) >= 11 is 0. The number of carbonyl (C=O) groups is 1. The number of rotatable bonds is 4. The van der Waals surface area contributed by atoms with E-state index >= 15 is 0 Å². The summed E-state index contributed by atoms with van der Waals surface area (Å²) in [7, 11) is 0. The SMILES string of the molecule is Cc1cc(C(F)(F)F)cc2c(=O)n(CC(=O)C[C@H]3NCCC[C@@H]3O)cnc12.Cl. The molecular weight excluding hydrogens is 399 g/mol. The summed E-state index contributed by atoms with van der Waals surface area (Å²) in [5.74, 6) is -0.305. The van der Waals surface area contributed by atoms with Crippen LogP contribution in [0.25, 0.3) is 10.9 Å². The first-order valence-corrected chi connectivity index (χ1v) is 8.67. The van der Waals surface area contributed by atoms with E-state index in [0.717, 1.165) is 23.1 Å². The maximum absolute atomic E-state index is 13.0. The number of aliphatic hydroxyl groups is 1. The molecule has 10 heteroatoms. The third kappa shape index (κ3) is 4.71. The first kappa shape index (κ1) is 22.3. The average molecular weight is 420 g/mol. The fourth-order valence-electron chi connectivity index (χ4n) is 3.37. The fraction of sp³-hybridized carbons (Fsp3) is 0.500. The molecule has 1 saturated heterocycles. The van der Waals surface area contributed by atoms with Gasteiger partial charge in [0.05, 0.1) is 35.4 Å². The van der Waals surface area contributed by atoms with Gasteiger partial charge >= 0.3 is 6.18 Å². The highest BCUT2D eigenvalue weighted by atomic mass is 35.5. The van der Waals surface area contributed by atoms with Crippen molar-refractivity contribution in [3.63, 3.8) is 0 Å². The Morgan fingerprint density at radius 1 is 1.39 bits per heavy atom. The zero-order chi connectivity index (χ0) is 19.8. The summed E-state index contributed by atoms with van der Waals surface area (Å²) in [6.45, 7) is 1.85. The van der Waals surface area contributed by atoms with Gasteiger partial charge in [-0.15, -0.1) is 12.4 Å². The lowest BCUT2D eigenvalue weighted by Crippen LogP contribution is -2.46. The van der Waals surface area contributed by atoms with Crippen molar-refractivity contribution >= 4 is 29.1 Å². The van der Waals surface area contributed by atoms with Crippen LogP contribution < -0.4 is 10.9 Å². The van der Waals surface area contributed by atoms with Crippen LogP contribution in [-0.4, -0.2) is 39.1 Å². The number of aryl methyl sites for hydroxylation is 1. The smallest absolute Gasteiger partial charge is 0.391 e. The molecule has 2 N–H and O–H groups in total. The van der Waals surface area contributed by atoms with Gasteiger partial charge in [-0.25, -0.2) is 4.98 Å². The number of nitrogens with zero attached hydrogens (tertiary/aromatic N) is 2. The predicted molar refractivity (Wildman–Crippen MR) is 99.6 cm³/mol. The molecule has 154 valence electrons. The highest BCUT2D eigenvalue weighted by molar-refractivity contribution is 5.85. The number of fused-ring (bicyclic) bond motifs is 1. The zero-order valence-electron chi connectivity index (χ0n) is 15.1. The van der Waals surface area contributed by atoms with Crippen LogP contribution in [0.4, 0.5) is 13.2 Å². The highest BCUT2D eigenvalue weighted by Gasteiger charge is 2.31. The first-order valence-electron chi connectivity index (χ1n) is 8.67. The molecule has 0 bridgehead atoms. The Morgan fingerprint density at radius 3 is 2.75 bits per heavy atom. The molecule has 1 aliphatic heterocycles. The first-order chi connectivity index (χ1) is 12.7. The van der Waals surface area contributed by atoms with Gasteiger partial charge in [0.25, 0.3) is 5.56 Å². The predicted octanol–water partition coefficient (Wildman–Crippen LogP) is 2.22. The fourth-order valence-corrected chi connectivity index (χ4v) is 3.37. The van der Waals surface area contributed by atoms with E-state index in [0.29, 0.717) is 13.0 Å². The minimum absolute atomic E-state index is 0. The molecule has 0 amide bonds. The Bertz CT molecular complexity index is 930. The van der Waals surface area contributed by atoms with Crippen LogP contribution in [0.1, 0.15) is 30.4 Å². The molecule has 1 fully saturated rings. The van der Waals surface area contributed by atoms with Crippen molar-refractivity contribution in [2.75, 3.05) is 6.54 Å². The second-order valence-electron chi connectivity index (χ2n) is 6.88. The molecule has 2 heterocycles. The number of hydrogen-bond donors (Lipinski definition) is 2. The van der Waals surface area contributed by atoms with Gasteiger partial charge in [-0.05, 0) is 44.0 Å². The third-order valence-corrected chi connectivity index (χ3v) is 4.79. The van der Waals surface area contributed by atoms with E-state index in [1.54, 1.807) is 0 Å². The molecule has 0 radical (unpaired) electrons. The molecular formula is C18H21ClF3N3O3. The Morgan fingerprint density at radius 2 is 2.11 bits per heavy atom. The van der Waals surface area contributed by atoms with Crippen molar-refractivity contribution in [2.45, 2.75) is 51.1 Å². The highest BCUT2D eigenvalue weighted by Crippen LogP contribution is 2.31. The Kier molecular flexibility index (Phi) is 6.84. The second-order valence-corrected chi connectivity index (χ2v) is 6.88. The molecule has 3 rings (SSSR count). The van der Waals surface area contributed by atoms with Crippen molar-refractivity contribution in [1.29, 1.82) is 0 Å². The van der Waals surface area contributed by atoms with Gasteiger partial charge in [0.15, 0.2) is 5.78 Å².